The van der Waals surface area contributed by atoms with Gasteiger partial charge in [-0.2, -0.15) is 0 Å². The molecule has 2 aromatic rings. The van der Waals surface area contributed by atoms with Crippen LogP contribution in [0.3, 0.4) is 0 Å². The van der Waals surface area contributed by atoms with Crippen LogP contribution in [0.2, 0.25) is 0 Å². The number of aliphatic hydroxyl groups is 1. The van der Waals surface area contributed by atoms with Crippen LogP contribution in [0.1, 0.15) is 32.3 Å². The van der Waals surface area contributed by atoms with Crippen LogP contribution in [0.25, 0.3) is 0 Å². The van der Waals surface area contributed by atoms with E-state index in [0.717, 1.165) is 49.7 Å². The molecule has 0 spiro atoms. The Morgan fingerprint density at radius 1 is 1.20 bits per heavy atom. The highest BCUT2D eigenvalue weighted by molar-refractivity contribution is 5.65. The quantitative estimate of drug-likeness (QED) is 0.843. The minimum Gasteiger partial charge on any atom is -0.491 e. The van der Waals surface area contributed by atoms with E-state index in [1.807, 2.05) is 38.2 Å². The fraction of sp³-hybridized carbons (Fsp3) is 0.450. The van der Waals surface area contributed by atoms with Gasteiger partial charge >= 0.3 is 0 Å². The first kappa shape index (κ1) is 17.5. The van der Waals surface area contributed by atoms with Gasteiger partial charge in [0.2, 0.25) is 0 Å². The fourth-order valence-electron chi connectivity index (χ4n) is 3.02. The fourth-order valence-corrected chi connectivity index (χ4v) is 3.02. The van der Waals surface area contributed by atoms with Gasteiger partial charge < -0.3 is 20.1 Å². The number of benzene rings is 1. The number of nitrogens with zero attached hydrogens (tertiary/aromatic N) is 2. The second kappa shape index (κ2) is 8.21. The lowest BCUT2D eigenvalue weighted by Crippen LogP contribution is -2.36. The molecule has 2 heterocycles. The predicted octanol–water partition coefficient (Wildman–Crippen LogP) is 3.44. The molecule has 0 bridgehead atoms. The molecule has 0 saturated carbocycles. The number of pyridine rings is 1. The number of hydrogen-bond acceptors (Lipinski definition) is 5. The first-order valence-corrected chi connectivity index (χ1v) is 8.99. The van der Waals surface area contributed by atoms with Gasteiger partial charge in [-0.25, -0.2) is 4.98 Å². The van der Waals surface area contributed by atoms with Gasteiger partial charge in [-0.1, -0.05) is 12.1 Å². The van der Waals surface area contributed by atoms with Crippen LogP contribution >= 0.6 is 0 Å². The zero-order chi connectivity index (χ0) is 17.6. The maximum atomic E-state index is 9.70. The lowest BCUT2D eigenvalue weighted by Gasteiger charge is -2.31. The number of piperidine rings is 1. The highest BCUT2D eigenvalue weighted by atomic mass is 16.5. The summed E-state index contributed by atoms with van der Waals surface area (Å²) in [5, 5.41) is 13.2. The van der Waals surface area contributed by atoms with E-state index in [4.69, 9.17) is 4.74 Å². The Balaban J connectivity index is 1.63. The molecule has 1 fully saturated rings. The Morgan fingerprint density at radius 2 is 1.92 bits per heavy atom. The van der Waals surface area contributed by atoms with Crippen LogP contribution < -0.4 is 15.0 Å². The summed E-state index contributed by atoms with van der Waals surface area (Å²) in [6, 6.07) is 12.2. The van der Waals surface area contributed by atoms with E-state index >= 15 is 0 Å². The summed E-state index contributed by atoms with van der Waals surface area (Å²) in [5.74, 6) is 1.86. The van der Waals surface area contributed by atoms with Crippen molar-refractivity contribution in [2.24, 2.45) is 0 Å². The molecule has 0 amide bonds. The van der Waals surface area contributed by atoms with Crippen molar-refractivity contribution >= 4 is 11.5 Å². The van der Waals surface area contributed by atoms with E-state index in [0.29, 0.717) is 0 Å². The number of nitrogens with one attached hydrogen (secondary N) is 1. The third kappa shape index (κ3) is 4.86. The molecule has 1 saturated heterocycles. The van der Waals surface area contributed by atoms with Gasteiger partial charge in [-0.15, -0.1) is 0 Å². The van der Waals surface area contributed by atoms with Crippen LogP contribution in [-0.2, 0) is 6.54 Å². The molecule has 1 aliphatic rings. The average Bonchev–Trinajstić information content (AvgIpc) is 2.62. The van der Waals surface area contributed by atoms with Crippen molar-refractivity contribution in [2.45, 2.75) is 45.4 Å². The van der Waals surface area contributed by atoms with Crippen molar-refractivity contribution in [2.75, 3.05) is 23.3 Å². The van der Waals surface area contributed by atoms with Crippen LogP contribution in [-0.4, -0.2) is 35.4 Å². The molecular weight excluding hydrogens is 314 g/mol. The summed E-state index contributed by atoms with van der Waals surface area (Å²) >= 11 is 0. The maximum Gasteiger partial charge on any atom is 0.151 e. The molecule has 0 atom stereocenters. The van der Waals surface area contributed by atoms with Gasteiger partial charge in [0, 0.05) is 25.8 Å². The van der Waals surface area contributed by atoms with Crippen molar-refractivity contribution < 1.29 is 9.84 Å². The number of aromatic nitrogens is 1. The van der Waals surface area contributed by atoms with Gasteiger partial charge in [-0.05, 0) is 56.5 Å². The van der Waals surface area contributed by atoms with Crippen molar-refractivity contribution in [3.8, 4) is 5.75 Å². The smallest absolute Gasteiger partial charge is 0.151 e. The van der Waals surface area contributed by atoms with Crippen LogP contribution in [0, 0.1) is 0 Å². The molecule has 134 valence electrons. The van der Waals surface area contributed by atoms with Crippen molar-refractivity contribution in [1.29, 1.82) is 0 Å². The van der Waals surface area contributed by atoms with Crippen molar-refractivity contribution in [3.63, 3.8) is 0 Å². The largest absolute Gasteiger partial charge is 0.491 e. The second-order valence-electron chi connectivity index (χ2n) is 6.76. The molecule has 5 nitrogen and oxygen atoms in total. The topological polar surface area (TPSA) is 57.6 Å². The average molecular weight is 341 g/mol. The van der Waals surface area contributed by atoms with E-state index < -0.39 is 0 Å². The number of hydrogen-bond donors (Lipinski definition) is 2. The standard InChI is InChI=1S/C20H27N3O2/c1-15(2)25-18-7-5-16(6-8-18)14-22-19-4-3-11-21-20(19)23-12-9-17(24)10-13-23/h3-8,11,15,17,22,24H,9-10,12-14H2,1-2H3. The van der Waals surface area contributed by atoms with Crippen LogP contribution in [0.5, 0.6) is 5.75 Å². The molecule has 0 unspecified atom stereocenters. The van der Waals surface area contributed by atoms with Crippen LogP contribution in [0.4, 0.5) is 11.5 Å². The Morgan fingerprint density at radius 3 is 2.60 bits per heavy atom. The molecule has 0 aliphatic carbocycles. The van der Waals surface area contributed by atoms with E-state index in [2.05, 4.69) is 33.4 Å². The molecule has 5 heteroatoms. The first-order valence-electron chi connectivity index (χ1n) is 8.99. The zero-order valence-electron chi connectivity index (χ0n) is 15.0. The lowest BCUT2D eigenvalue weighted by molar-refractivity contribution is 0.145. The minimum absolute atomic E-state index is 0.178. The summed E-state index contributed by atoms with van der Waals surface area (Å²) in [7, 11) is 0. The summed E-state index contributed by atoms with van der Waals surface area (Å²) in [6.07, 6.45) is 3.43. The number of rotatable bonds is 6. The normalized spacial score (nSPS) is 15.4. The Bertz CT molecular complexity index is 665. The molecule has 1 aromatic heterocycles. The van der Waals surface area contributed by atoms with E-state index in [9.17, 15) is 5.11 Å². The Kier molecular flexibility index (Phi) is 5.76. The van der Waals surface area contributed by atoms with E-state index in [1.165, 1.54) is 5.56 Å². The van der Waals surface area contributed by atoms with Gasteiger partial charge in [0.25, 0.3) is 0 Å². The highest BCUT2D eigenvalue weighted by Gasteiger charge is 2.20. The summed E-state index contributed by atoms with van der Waals surface area (Å²) in [5.41, 5.74) is 2.22. The number of aliphatic hydroxyl groups excluding tert-OH is 1. The summed E-state index contributed by atoms with van der Waals surface area (Å²) in [6.45, 7) is 6.47. The molecule has 2 N–H and O–H groups in total. The molecule has 0 radical (unpaired) electrons. The van der Waals surface area contributed by atoms with E-state index in [1.54, 1.807) is 0 Å². The number of anilines is 2. The third-order valence-electron chi connectivity index (χ3n) is 4.33. The van der Waals surface area contributed by atoms with Gasteiger partial charge in [0.05, 0.1) is 17.9 Å². The zero-order valence-corrected chi connectivity index (χ0v) is 15.0. The highest BCUT2D eigenvalue weighted by Crippen LogP contribution is 2.26. The summed E-state index contributed by atoms with van der Waals surface area (Å²) < 4.78 is 5.68. The summed E-state index contributed by atoms with van der Waals surface area (Å²) in [4.78, 5) is 6.79. The van der Waals surface area contributed by atoms with E-state index in [-0.39, 0.29) is 12.2 Å². The molecule has 25 heavy (non-hydrogen) atoms. The molecule has 1 aliphatic heterocycles. The molecule has 3 rings (SSSR count). The SMILES string of the molecule is CC(C)Oc1ccc(CNc2cccnc2N2CCC(O)CC2)cc1. The van der Waals surface area contributed by atoms with Crippen molar-refractivity contribution in [3.05, 3.63) is 48.2 Å². The lowest BCUT2D eigenvalue weighted by atomic mass is 10.1. The molecular formula is C20H27N3O2. The van der Waals surface area contributed by atoms with Gasteiger partial charge in [0.1, 0.15) is 5.75 Å². The first-order chi connectivity index (χ1) is 12.1. The Labute approximate surface area is 149 Å². The van der Waals surface area contributed by atoms with Gasteiger partial charge in [-0.3, -0.25) is 0 Å². The molecule has 1 aromatic carbocycles. The van der Waals surface area contributed by atoms with Gasteiger partial charge in [0.15, 0.2) is 5.82 Å². The Hall–Kier alpha value is -2.27. The second-order valence-corrected chi connectivity index (χ2v) is 6.76. The maximum absolute atomic E-state index is 9.70. The van der Waals surface area contributed by atoms with Crippen molar-refractivity contribution in [1.82, 2.24) is 4.98 Å². The third-order valence-corrected chi connectivity index (χ3v) is 4.33. The van der Waals surface area contributed by atoms with Crippen LogP contribution in [0.15, 0.2) is 42.6 Å². The monoisotopic (exact) mass is 341 g/mol. The predicted molar refractivity (Wildman–Crippen MR) is 101 cm³/mol. The number of ether oxygens (including phenoxy) is 1. The minimum atomic E-state index is -0.178.